The van der Waals surface area contributed by atoms with Crippen LogP contribution in [0, 0.1) is 0 Å². The number of rotatable bonds is 13. The van der Waals surface area contributed by atoms with Gasteiger partial charge in [0.25, 0.3) is 0 Å². The van der Waals surface area contributed by atoms with Gasteiger partial charge in [0.1, 0.15) is 6.10 Å². The van der Waals surface area contributed by atoms with Crippen molar-refractivity contribution < 1.29 is 14.3 Å². The van der Waals surface area contributed by atoms with Gasteiger partial charge < -0.3 is 9.47 Å². The highest BCUT2D eigenvalue weighted by molar-refractivity contribution is 5.81. The van der Waals surface area contributed by atoms with Crippen LogP contribution in [0.15, 0.2) is 25.3 Å². The molecule has 0 aromatic rings. The Labute approximate surface area is 117 Å². The maximum atomic E-state index is 11.2. The minimum absolute atomic E-state index is 0.170. The lowest BCUT2D eigenvalue weighted by molar-refractivity contribution is -0.146. The van der Waals surface area contributed by atoms with Crippen LogP contribution in [0.1, 0.15) is 51.9 Å². The van der Waals surface area contributed by atoms with Crippen molar-refractivity contribution in [1.82, 2.24) is 0 Å². The average Bonchev–Trinajstić information content (AvgIpc) is 2.42. The molecule has 0 N–H and O–H groups in total. The maximum absolute atomic E-state index is 11.2. The third-order valence-corrected chi connectivity index (χ3v) is 2.87. The molecule has 3 heteroatoms. The van der Waals surface area contributed by atoms with E-state index >= 15 is 0 Å². The molecule has 0 fully saturated rings. The molecule has 0 aliphatic carbocycles. The van der Waals surface area contributed by atoms with E-state index in [1.54, 1.807) is 6.08 Å². The molecule has 0 aromatic heterocycles. The van der Waals surface area contributed by atoms with Gasteiger partial charge in [0.05, 0.1) is 13.2 Å². The first-order valence-electron chi connectivity index (χ1n) is 7.26. The third-order valence-electron chi connectivity index (χ3n) is 2.87. The first-order valence-corrected chi connectivity index (χ1v) is 7.26. The molecular weight excluding hydrogens is 240 g/mol. The minimum atomic E-state index is -0.377. The van der Waals surface area contributed by atoms with Gasteiger partial charge in [-0.15, -0.1) is 6.58 Å². The van der Waals surface area contributed by atoms with Crippen molar-refractivity contribution in [1.29, 1.82) is 0 Å². The quantitative estimate of drug-likeness (QED) is 0.219. The van der Waals surface area contributed by atoms with Gasteiger partial charge in [0, 0.05) is 6.08 Å². The first kappa shape index (κ1) is 17.9. The molecule has 0 heterocycles. The van der Waals surface area contributed by atoms with Crippen LogP contribution in [0.5, 0.6) is 0 Å². The molecule has 19 heavy (non-hydrogen) atoms. The largest absolute Gasteiger partial charge is 0.457 e. The summed E-state index contributed by atoms with van der Waals surface area (Å²) < 4.78 is 10.6. The van der Waals surface area contributed by atoms with Crippen LogP contribution >= 0.6 is 0 Å². The molecule has 1 unspecified atom stereocenters. The summed E-state index contributed by atoms with van der Waals surface area (Å²) in [5.41, 5.74) is 0. The van der Waals surface area contributed by atoms with Gasteiger partial charge in [-0.05, 0) is 12.8 Å². The topological polar surface area (TPSA) is 35.5 Å². The molecule has 0 amide bonds. The Morgan fingerprint density at radius 2 is 1.84 bits per heavy atom. The number of unbranched alkanes of at least 4 members (excludes halogenated alkanes) is 5. The first-order chi connectivity index (χ1) is 9.24. The van der Waals surface area contributed by atoms with Gasteiger partial charge in [0.2, 0.25) is 0 Å². The van der Waals surface area contributed by atoms with E-state index in [1.807, 2.05) is 0 Å². The normalized spacial score (nSPS) is 11.8. The van der Waals surface area contributed by atoms with Crippen LogP contribution in [0.3, 0.4) is 0 Å². The molecule has 0 saturated heterocycles. The Kier molecular flexibility index (Phi) is 12.6. The standard InChI is InChI=1S/C16H28O3/c1-4-7-8-9-10-11-12-15(14-18-13-5-2)19-16(17)6-3/h5-6,15H,2-4,7-14H2,1H3. The Morgan fingerprint density at radius 1 is 1.16 bits per heavy atom. The molecule has 0 radical (unpaired) electrons. The van der Waals surface area contributed by atoms with Crippen molar-refractivity contribution in [2.75, 3.05) is 13.2 Å². The number of carbonyl (C=O) groups excluding carboxylic acids is 1. The summed E-state index contributed by atoms with van der Waals surface area (Å²) in [5.74, 6) is -0.377. The lowest BCUT2D eigenvalue weighted by Crippen LogP contribution is -2.22. The molecule has 0 aromatic carbocycles. The summed E-state index contributed by atoms with van der Waals surface area (Å²) in [7, 11) is 0. The fourth-order valence-electron chi connectivity index (χ4n) is 1.82. The Morgan fingerprint density at radius 3 is 2.47 bits per heavy atom. The zero-order chi connectivity index (χ0) is 14.3. The number of hydrogen-bond donors (Lipinski definition) is 0. The number of esters is 1. The molecule has 0 spiro atoms. The molecule has 0 aliphatic heterocycles. The average molecular weight is 268 g/mol. The van der Waals surface area contributed by atoms with E-state index in [4.69, 9.17) is 9.47 Å². The van der Waals surface area contributed by atoms with Gasteiger partial charge in [-0.1, -0.05) is 51.7 Å². The fourth-order valence-corrected chi connectivity index (χ4v) is 1.82. The summed E-state index contributed by atoms with van der Waals surface area (Å²) in [5, 5.41) is 0. The Hall–Kier alpha value is -1.09. The van der Waals surface area contributed by atoms with E-state index in [1.165, 1.54) is 38.2 Å². The SMILES string of the molecule is C=CCOCC(CCCCCCCC)OC(=O)C=C. The molecule has 0 rings (SSSR count). The van der Waals surface area contributed by atoms with Gasteiger partial charge in [-0.3, -0.25) is 0 Å². The smallest absolute Gasteiger partial charge is 0.330 e. The second-order valence-electron chi connectivity index (χ2n) is 4.65. The predicted octanol–water partition coefficient (Wildman–Crippen LogP) is 4.04. The highest BCUT2D eigenvalue weighted by Gasteiger charge is 2.12. The summed E-state index contributed by atoms with van der Waals surface area (Å²) in [6, 6.07) is 0. The predicted molar refractivity (Wildman–Crippen MR) is 79.1 cm³/mol. The van der Waals surface area contributed by atoms with Gasteiger partial charge in [0.15, 0.2) is 0 Å². The van der Waals surface area contributed by atoms with E-state index in [2.05, 4.69) is 20.1 Å². The summed E-state index contributed by atoms with van der Waals surface area (Å²) in [6.07, 6.45) is 10.9. The molecular formula is C16H28O3. The molecule has 1 atom stereocenters. The molecule has 0 saturated carbocycles. The van der Waals surface area contributed by atoms with Crippen LogP contribution in [0.2, 0.25) is 0 Å². The zero-order valence-corrected chi connectivity index (χ0v) is 12.2. The number of carbonyl (C=O) groups is 1. The van der Waals surface area contributed by atoms with Crippen molar-refractivity contribution in [2.45, 2.75) is 58.0 Å². The highest BCUT2D eigenvalue weighted by atomic mass is 16.6. The van der Waals surface area contributed by atoms with E-state index in [-0.39, 0.29) is 12.1 Å². The van der Waals surface area contributed by atoms with Crippen LogP contribution in [0.25, 0.3) is 0 Å². The van der Waals surface area contributed by atoms with Crippen LogP contribution in [-0.4, -0.2) is 25.3 Å². The van der Waals surface area contributed by atoms with Crippen LogP contribution in [0.4, 0.5) is 0 Å². The maximum Gasteiger partial charge on any atom is 0.330 e. The minimum Gasteiger partial charge on any atom is -0.457 e. The van der Waals surface area contributed by atoms with E-state index in [0.717, 1.165) is 12.8 Å². The lowest BCUT2D eigenvalue weighted by Gasteiger charge is -2.16. The summed E-state index contributed by atoms with van der Waals surface area (Å²) in [4.78, 5) is 11.2. The van der Waals surface area contributed by atoms with Crippen molar-refractivity contribution in [3.8, 4) is 0 Å². The van der Waals surface area contributed by atoms with Crippen molar-refractivity contribution in [3.63, 3.8) is 0 Å². The second-order valence-corrected chi connectivity index (χ2v) is 4.65. The van der Waals surface area contributed by atoms with Gasteiger partial charge in [-0.2, -0.15) is 0 Å². The summed E-state index contributed by atoms with van der Waals surface area (Å²) in [6.45, 7) is 10.1. The number of ether oxygens (including phenoxy) is 2. The van der Waals surface area contributed by atoms with Crippen molar-refractivity contribution >= 4 is 5.97 Å². The third kappa shape index (κ3) is 11.7. The van der Waals surface area contributed by atoms with Crippen molar-refractivity contribution in [3.05, 3.63) is 25.3 Å². The van der Waals surface area contributed by atoms with Gasteiger partial charge in [-0.25, -0.2) is 4.79 Å². The van der Waals surface area contributed by atoms with Crippen LogP contribution in [-0.2, 0) is 14.3 Å². The van der Waals surface area contributed by atoms with E-state index < -0.39 is 0 Å². The molecule has 110 valence electrons. The molecule has 0 aliphatic rings. The van der Waals surface area contributed by atoms with Crippen molar-refractivity contribution in [2.24, 2.45) is 0 Å². The van der Waals surface area contributed by atoms with Crippen LogP contribution < -0.4 is 0 Å². The Balaban J connectivity index is 3.79. The number of hydrogen-bond acceptors (Lipinski definition) is 3. The molecule has 3 nitrogen and oxygen atoms in total. The van der Waals surface area contributed by atoms with Gasteiger partial charge >= 0.3 is 5.97 Å². The zero-order valence-electron chi connectivity index (χ0n) is 12.2. The Bertz CT molecular complexity index is 248. The highest BCUT2D eigenvalue weighted by Crippen LogP contribution is 2.11. The molecule has 0 bridgehead atoms. The second kappa shape index (κ2) is 13.3. The van der Waals surface area contributed by atoms with E-state index in [9.17, 15) is 4.79 Å². The van der Waals surface area contributed by atoms with E-state index in [0.29, 0.717) is 13.2 Å². The fraction of sp³-hybridized carbons (Fsp3) is 0.688. The lowest BCUT2D eigenvalue weighted by atomic mass is 10.1. The summed E-state index contributed by atoms with van der Waals surface area (Å²) >= 11 is 0. The monoisotopic (exact) mass is 268 g/mol.